The normalized spacial score (nSPS) is 12.1. The van der Waals surface area contributed by atoms with Crippen molar-refractivity contribution in [1.82, 2.24) is 5.32 Å². The first-order valence-corrected chi connectivity index (χ1v) is 6.21. The fourth-order valence-electron chi connectivity index (χ4n) is 2.12. The zero-order valence-corrected chi connectivity index (χ0v) is 12.5. The minimum atomic E-state index is -0.560. The summed E-state index contributed by atoms with van der Waals surface area (Å²) in [6.45, 7) is 6.12. The molecule has 0 aliphatic heterocycles. The summed E-state index contributed by atoms with van der Waals surface area (Å²) in [5.41, 5.74) is 1.51. The third kappa shape index (κ3) is 3.81. The standard InChI is InChI=1S/C15H17F2NO.ClH/c1-9-6-14(11(3)19-9)10(2)18-8-12-4-5-13(16)7-15(12)17;/h4-7,10,18H,8H2,1-3H3;1H. The number of furan rings is 1. The van der Waals surface area contributed by atoms with Crippen molar-refractivity contribution >= 4 is 12.4 Å². The number of hydrogen-bond acceptors (Lipinski definition) is 2. The average Bonchev–Trinajstić information content (AvgIpc) is 2.67. The summed E-state index contributed by atoms with van der Waals surface area (Å²) in [7, 11) is 0. The van der Waals surface area contributed by atoms with E-state index in [0.717, 1.165) is 23.2 Å². The van der Waals surface area contributed by atoms with E-state index in [0.29, 0.717) is 12.1 Å². The van der Waals surface area contributed by atoms with Crippen LogP contribution in [0.15, 0.2) is 28.7 Å². The summed E-state index contributed by atoms with van der Waals surface area (Å²) in [6, 6.07) is 5.63. The van der Waals surface area contributed by atoms with Crippen LogP contribution in [0.25, 0.3) is 0 Å². The van der Waals surface area contributed by atoms with Gasteiger partial charge in [-0.05, 0) is 32.9 Å². The molecule has 5 heteroatoms. The Bertz CT molecular complexity index is 583. The van der Waals surface area contributed by atoms with Crippen molar-refractivity contribution < 1.29 is 13.2 Å². The van der Waals surface area contributed by atoms with Gasteiger partial charge >= 0.3 is 0 Å². The molecule has 2 aromatic rings. The quantitative estimate of drug-likeness (QED) is 0.902. The van der Waals surface area contributed by atoms with Gasteiger partial charge in [0.25, 0.3) is 0 Å². The van der Waals surface area contributed by atoms with Gasteiger partial charge in [-0.25, -0.2) is 8.78 Å². The van der Waals surface area contributed by atoms with Crippen LogP contribution in [0, 0.1) is 25.5 Å². The number of benzene rings is 1. The zero-order valence-electron chi connectivity index (χ0n) is 11.7. The Morgan fingerprint density at radius 2 is 1.90 bits per heavy atom. The summed E-state index contributed by atoms with van der Waals surface area (Å²) in [5.74, 6) is 0.626. The van der Waals surface area contributed by atoms with E-state index in [-0.39, 0.29) is 18.4 Å². The predicted molar refractivity (Wildman–Crippen MR) is 77.0 cm³/mol. The average molecular weight is 302 g/mol. The highest BCUT2D eigenvalue weighted by atomic mass is 35.5. The third-order valence-electron chi connectivity index (χ3n) is 3.16. The van der Waals surface area contributed by atoms with Crippen molar-refractivity contribution in [2.45, 2.75) is 33.4 Å². The fraction of sp³-hybridized carbons (Fsp3) is 0.333. The fourth-order valence-corrected chi connectivity index (χ4v) is 2.12. The Morgan fingerprint density at radius 1 is 1.20 bits per heavy atom. The summed E-state index contributed by atoms with van der Waals surface area (Å²) in [6.07, 6.45) is 0. The van der Waals surface area contributed by atoms with Crippen molar-refractivity contribution in [3.8, 4) is 0 Å². The second-order valence-electron chi connectivity index (χ2n) is 4.71. The van der Waals surface area contributed by atoms with Crippen LogP contribution in [-0.2, 0) is 6.54 Å². The van der Waals surface area contributed by atoms with Crippen LogP contribution in [0.4, 0.5) is 8.78 Å². The molecule has 1 aromatic carbocycles. The molecule has 0 saturated heterocycles. The lowest BCUT2D eigenvalue weighted by molar-refractivity contribution is 0.487. The van der Waals surface area contributed by atoms with Crippen LogP contribution in [0.1, 0.15) is 35.6 Å². The molecule has 0 fully saturated rings. The molecule has 1 aromatic heterocycles. The van der Waals surface area contributed by atoms with E-state index in [1.165, 1.54) is 12.1 Å². The predicted octanol–water partition coefficient (Wildman–Crippen LogP) is 4.45. The second kappa shape index (κ2) is 6.86. The molecule has 0 spiro atoms. The van der Waals surface area contributed by atoms with E-state index in [2.05, 4.69) is 5.32 Å². The molecule has 110 valence electrons. The van der Waals surface area contributed by atoms with Gasteiger partial charge in [0, 0.05) is 29.8 Å². The van der Waals surface area contributed by atoms with Crippen molar-refractivity contribution in [1.29, 1.82) is 0 Å². The van der Waals surface area contributed by atoms with Crippen LogP contribution in [0.5, 0.6) is 0 Å². The number of rotatable bonds is 4. The van der Waals surface area contributed by atoms with Gasteiger partial charge in [0.1, 0.15) is 23.2 Å². The molecule has 1 N–H and O–H groups in total. The van der Waals surface area contributed by atoms with Gasteiger partial charge in [-0.1, -0.05) is 6.07 Å². The lowest BCUT2D eigenvalue weighted by Gasteiger charge is -2.13. The monoisotopic (exact) mass is 301 g/mol. The Labute approximate surface area is 123 Å². The number of halogens is 3. The first-order valence-electron chi connectivity index (χ1n) is 6.21. The summed E-state index contributed by atoms with van der Waals surface area (Å²) >= 11 is 0. The van der Waals surface area contributed by atoms with Gasteiger partial charge in [0.15, 0.2) is 0 Å². The molecule has 1 unspecified atom stereocenters. The van der Waals surface area contributed by atoms with Crippen molar-refractivity contribution in [3.05, 3.63) is 58.5 Å². The van der Waals surface area contributed by atoms with Crippen LogP contribution in [-0.4, -0.2) is 0 Å². The van der Waals surface area contributed by atoms with Crippen molar-refractivity contribution in [2.24, 2.45) is 0 Å². The van der Waals surface area contributed by atoms with Gasteiger partial charge in [0.2, 0.25) is 0 Å². The first kappa shape index (κ1) is 16.7. The highest BCUT2D eigenvalue weighted by Crippen LogP contribution is 2.21. The molecule has 0 saturated carbocycles. The van der Waals surface area contributed by atoms with E-state index in [1.807, 2.05) is 26.8 Å². The Morgan fingerprint density at radius 3 is 2.45 bits per heavy atom. The van der Waals surface area contributed by atoms with Crippen molar-refractivity contribution in [2.75, 3.05) is 0 Å². The molecule has 0 aliphatic rings. The molecule has 1 atom stereocenters. The highest BCUT2D eigenvalue weighted by molar-refractivity contribution is 5.85. The zero-order chi connectivity index (χ0) is 14.0. The van der Waals surface area contributed by atoms with E-state index in [9.17, 15) is 8.78 Å². The Hall–Kier alpha value is -1.39. The van der Waals surface area contributed by atoms with Gasteiger partial charge in [-0.2, -0.15) is 0 Å². The molecule has 2 nitrogen and oxygen atoms in total. The van der Waals surface area contributed by atoms with Gasteiger partial charge in [0.05, 0.1) is 0 Å². The molecular weight excluding hydrogens is 284 g/mol. The molecule has 0 bridgehead atoms. The molecule has 2 rings (SSSR count). The molecule has 0 aliphatic carbocycles. The maximum Gasteiger partial charge on any atom is 0.130 e. The summed E-state index contributed by atoms with van der Waals surface area (Å²) < 4.78 is 31.7. The number of hydrogen-bond donors (Lipinski definition) is 1. The topological polar surface area (TPSA) is 25.2 Å². The number of aryl methyl sites for hydroxylation is 2. The Kier molecular flexibility index (Phi) is 5.72. The largest absolute Gasteiger partial charge is 0.466 e. The smallest absolute Gasteiger partial charge is 0.130 e. The van der Waals surface area contributed by atoms with Crippen LogP contribution >= 0.6 is 12.4 Å². The molecule has 1 heterocycles. The maximum absolute atomic E-state index is 13.5. The van der Waals surface area contributed by atoms with E-state index in [1.54, 1.807) is 0 Å². The van der Waals surface area contributed by atoms with Gasteiger partial charge in [-0.3, -0.25) is 0 Å². The van der Waals surface area contributed by atoms with Crippen LogP contribution in [0.3, 0.4) is 0 Å². The molecule has 0 radical (unpaired) electrons. The second-order valence-corrected chi connectivity index (χ2v) is 4.71. The number of nitrogens with one attached hydrogen (secondary N) is 1. The van der Waals surface area contributed by atoms with Crippen LogP contribution in [0.2, 0.25) is 0 Å². The molecular formula is C15H18ClF2NO. The summed E-state index contributed by atoms with van der Waals surface area (Å²) in [4.78, 5) is 0. The van der Waals surface area contributed by atoms with Gasteiger partial charge in [-0.15, -0.1) is 12.4 Å². The molecule has 0 amide bonds. The minimum Gasteiger partial charge on any atom is -0.466 e. The Balaban J connectivity index is 0.00000200. The van der Waals surface area contributed by atoms with Crippen LogP contribution < -0.4 is 5.32 Å². The van der Waals surface area contributed by atoms with Crippen molar-refractivity contribution in [3.63, 3.8) is 0 Å². The van der Waals surface area contributed by atoms with Gasteiger partial charge < -0.3 is 9.73 Å². The lowest BCUT2D eigenvalue weighted by Crippen LogP contribution is -2.19. The summed E-state index contributed by atoms with van der Waals surface area (Å²) in [5, 5.41) is 3.21. The first-order chi connectivity index (χ1) is 8.97. The third-order valence-corrected chi connectivity index (χ3v) is 3.16. The minimum absolute atomic E-state index is 0. The lowest BCUT2D eigenvalue weighted by atomic mass is 10.1. The maximum atomic E-state index is 13.5. The van der Waals surface area contributed by atoms with E-state index in [4.69, 9.17) is 4.42 Å². The highest BCUT2D eigenvalue weighted by Gasteiger charge is 2.13. The van der Waals surface area contributed by atoms with E-state index < -0.39 is 11.6 Å². The molecule has 20 heavy (non-hydrogen) atoms. The van der Waals surface area contributed by atoms with E-state index >= 15 is 0 Å². The SMILES string of the molecule is Cc1cc(C(C)NCc2ccc(F)cc2F)c(C)o1.Cl.